The fraction of sp³-hybridized carbons (Fsp3) is 0.286. The lowest BCUT2D eigenvalue weighted by Crippen LogP contribution is -2.20. The molecule has 6 heteroatoms. The maximum atomic E-state index is 11.8. The molecule has 0 fully saturated rings. The number of nitrogens with one attached hydrogen (secondary N) is 1. The highest BCUT2D eigenvalue weighted by atomic mass is 35.5. The van der Waals surface area contributed by atoms with Gasteiger partial charge in [-0.15, -0.1) is 0 Å². The number of aliphatic hydroxyl groups is 1. The average Bonchev–Trinajstić information content (AvgIpc) is 2.42. The number of hydrogen-bond acceptors (Lipinski definition) is 4. The Balaban J connectivity index is 2.15. The zero-order valence-corrected chi connectivity index (χ0v) is 11.8. The Morgan fingerprint density at radius 3 is 2.80 bits per heavy atom. The van der Waals surface area contributed by atoms with E-state index < -0.39 is 0 Å². The minimum atomic E-state index is -0.246. The van der Waals surface area contributed by atoms with E-state index in [4.69, 9.17) is 21.4 Å². The Morgan fingerprint density at radius 1 is 1.40 bits per heavy atom. The van der Waals surface area contributed by atoms with E-state index in [0.717, 1.165) is 0 Å². The molecule has 20 heavy (non-hydrogen) atoms. The summed E-state index contributed by atoms with van der Waals surface area (Å²) < 4.78 is 5.52. The molecule has 0 bridgehead atoms. The first-order valence-electron chi connectivity index (χ1n) is 6.18. The Labute approximate surface area is 121 Å². The summed E-state index contributed by atoms with van der Waals surface area (Å²) in [7, 11) is 0. The number of aliphatic hydroxyl groups excluding tert-OH is 1. The Hall–Kier alpha value is -1.85. The van der Waals surface area contributed by atoms with Crippen LogP contribution in [0.5, 0.6) is 5.75 Å². The third kappa shape index (κ3) is 3.37. The number of benzene rings is 1. The number of H-pyrrole nitrogens is 1. The topological polar surface area (TPSA) is 75.2 Å². The molecule has 1 aromatic heterocycles. The van der Waals surface area contributed by atoms with Crippen molar-refractivity contribution in [2.75, 3.05) is 6.61 Å². The third-order valence-electron chi connectivity index (χ3n) is 2.83. The number of para-hydroxylation sites is 1. The van der Waals surface area contributed by atoms with Crippen molar-refractivity contribution < 1.29 is 9.84 Å². The van der Waals surface area contributed by atoms with Crippen molar-refractivity contribution in [1.29, 1.82) is 0 Å². The molecular formula is C14H15ClN2O3. The van der Waals surface area contributed by atoms with E-state index in [-0.39, 0.29) is 18.8 Å². The van der Waals surface area contributed by atoms with Gasteiger partial charge in [0.05, 0.1) is 5.02 Å². The lowest BCUT2D eigenvalue weighted by atomic mass is 10.2. The lowest BCUT2D eigenvalue weighted by molar-refractivity contribution is 0.292. The second-order valence-electron chi connectivity index (χ2n) is 4.27. The fourth-order valence-electron chi connectivity index (χ4n) is 1.85. The van der Waals surface area contributed by atoms with Crippen molar-refractivity contribution in [2.24, 2.45) is 0 Å². The molecule has 0 radical (unpaired) electrons. The van der Waals surface area contributed by atoms with Gasteiger partial charge in [-0.3, -0.25) is 4.79 Å². The van der Waals surface area contributed by atoms with E-state index in [1.807, 2.05) is 12.1 Å². The van der Waals surface area contributed by atoms with E-state index in [9.17, 15) is 4.79 Å². The summed E-state index contributed by atoms with van der Waals surface area (Å²) in [6.45, 7) is 1.78. The van der Waals surface area contributed by atoms with Gasteiger partial charge in [0, 0.05) is 24.3 Å². The van der Waals surface area contributed by atoms with Crippen LogP contribution >= 0.6 is 11.6 Å². The molecule has 0 atom stereocenters. The van der Waals surface area contributed by atoms with Crippen molar-refractivity contribution >= 4 is 11.6 Å². The van der Waals surface area contributed by atoms with Crippen LogP contribution in [0.2, 0.25) is 5.02 Å². The number of nitrogens with zero attached hydrogens (tertiary/aromatic N) is 1. The number of rotatable bonds is 5. The van der Waals surface area contributed by atoms with Gasteiger partial charge in [0.15, 0.2) is 0 Å². The molecule has 106 valence electrons. The molecule has 2 N–H and O–H groups in total. The quantitative estimate of drug-likeness (QED) is 0.882. The molecule has 1 aromatic carbocycles. The Kier molecular flexibility index (Phi) is 4.76. The van der Waals surface area contributed by atoms with E-state index >= 15 is 0 Å². The average molecular weight is 295 g/mol. The smallest absolute Gasteiger partial charge is 0.254 e. The van der Waals surface area contributed by atoms with Gasteiger partial charge in [0.2, 0.25) is 0 Å². The van der Waals surface area contributed by atoms with Crippen LogP contribution in [0.25, 0.3) is 0 Å². The fourth-order valence-corrected chi connectivity index (χ4v) is 2.04. The highest BCUT2D eigenvalue weighted by molar-refractivity contribution is 6.32. The molecular weight excluding hydrogens is 280 g/mol. The largest absolute Gasteiger partial charge is 0.484 e. The summed E-state index contributed by atoms with van der Waals surface area (Å²) >= 11 is 5.97. The van der Waals surface area contributed by atoms with Crippen LogP contribution in [0.4, 0.5) is 0 Å². The van der Waals surface area contributed by atoms with Crippen LogP contribution in [0, 0.1) is 6.92 Å². The van der Waals surface area contributed by atoms with Crippen molar-refractivity contribution in [2.45, 2.75) is 20.0 Å². The summed E-state index contributed by atoms with van der Waals surface area (Å²) in [5.41, 5.74) is 0.846. The number of aromatic amines is 1. The lowest BCUT2D eigenvalue weighted by Gasteiger charge is -2.09. The van der Waals surface area contributed by atoms with E-state index in [0.29, 0.717) is 34.3 Å². The van der Waals surface area contributed by atoms with E-state index in [1.54, 1.807) is 19.1 Å². The van der Waals surface area contributed by atoms with Crippen molar-refractivity contribution in [3.8, 4) is 5.75 Å². The van der Waals surface area contributed by atoms with Crippen LogP contribution in [-0.4, -0.2) is 21.7 Å². The van der Waals surface area contributed by atoms with Crippen LogP contribution < -0.4 is 10.3 Å². The predicted octanol–water partition coefficient (Wildman–Crippen LogP) is 1.85. The highest BCUT2D eigenvalue weighted by Crippen LogP contribution is 2.23. The highest BCUT2D eigenvalue weighted by Gasteiger charge is 2.08. The first kappa shape index (κ1) is 14.6. The molecule has 5 nitrogen and oxygen atoms in total. The molecule has 0 saturated heterocycles. The second kappa shape index (κ2) is 6.54. The van der Waals surface area contributed by atoms with Crippen LogP contribution in [0.1, 0.15) is 17.1 Å². The molecule has 0 unspecified atom stereocenters. The summed E-state index contributed by atoms with van der Waals surface area (Å²) in [4.78, 5) is 18.7. The SMILES string of the molecule is Cc1nc(COc2ccccc2Cl)[nH]c(=O)c1CCO. The molecule has 0 aliphatic heterocycles. The van der Waals surface area contributed by atoms with Gasteiger partial charge in [-0.05, 0) is 19.1 Å². The van der Waals surface area contributed by atoms with Gasteiger partial charge in [0.25, 0.3) is 5.56 Å². The summed E-state index contributed by atoms with van der Waals surface area (Å²) in [5, 5.41) is 9.40. The summed E-state index contributed by atoms with van der Waals surface area (Å²) in [6.07, 6.45) is 0.291. The number of ether oxygens (including phenoxy) is 1. The maximum absolute atomic E-state index is 11.8. The van der Waals surface area contributed by atoms with Crippen molar-refractivity contribution in [3.05, 3.63) is 56.7 Å². The Bertz CT molecular complexity index is 655. The van der Waals surface area contributed by atoms with Crippen LogP contribution in [0.15, 0.2) is 29.1 Å². The van der Waals surface area contributed by atoms with Gasteiger partial charge >= 0.3 is 0 Å². The zero-order valence-electron chi connectivity index (χ0n) is 11.0. The van der Waals surface area contributed by atoms with Gasteiger partial charge in [-0.2, -0.15) is 0 Å². The first-order chi connectivity index (χ1) is 9.61. The van der Waals surface area contributed by atoms with Crippen LogP contribution in [0.3, 0.4) is 0 Å². The second-order valence-corrected chi connectivity index (χ2v) is 4.68. The van der Waals surface area contributed by atoms with Crippen LogP contribution in [-0.2, 0) is 13.0 Å². The normalized spacial score (nSPS) is 10.6. The number of hydrogen-bond donors (Lipinski definition) is 2. The molecule has 2 aromatic rings. The van der Waals surface area contributed by atoms with Gasteiger partial charge in [0.1, 0.15) is 18.2 Å². The van der Waals surface area contributed by atoms with Crippen molar-refractivity contribution in [3.63, 3.8) is 0 Å². The molecule has 0 saturated carbocycles. The third-order valence-corrected chi connectivity index (χ3v) is 3.15. The van der Waals surface area contributed by atoms with E-state index in [1.165, 1.54) is 0 Å². The monoisotopic (exact) mass is 294 g/mol. The molecule has 0 amide bonds. The zero-order chi connectivity index (χ0) is 14.5. The first-order valence-corrected chi connectivity index (χ1v) is 6.56. The molecule has 0 aliphatic rings. The molecule has 2 rings (SSSR count). The Morgan fingerprint density at radius 2 is 2.15 bits per heavy atom. The predicted molar refractivity (Wildman–Crippen MR) is 76.2 cm³/mol. The standard InChI is InChI=1S/C14H15ClN2O3/c1-9-10(6-7-18)14(19)17-13(16-9)8-20-12-5-3-2-4-11(12)15/h2-5,18H,6-8H2,1H3,(H,16,17,19). The summed E-state index contributed by atoms with van der Waals surface area (Å²) in [5.74, 6) is 0.961. The van der Waals surface area contributed by atoms with Crippen molar-refractivity contribution in [1.82, 2.24) is 9.97 Å². The molecule has 0 spiro atoms. The maximum Gasteiger partial charge on any atom is 0.254 e. The van der Waals surface area contributed by atoms with Gasteiger partial charge < -0.3 is 14.8 Å². The molecule has 0 aliphatic carbocycles. The van der Waals surface area contributed by atoms with Gasteiger partial charge in [-0.25, -0.2) is 4.98 Å². The summed E-state index contributed by atoms with van der Waals surface area (Å²) in [6, 6.07) is 7.09. The number of aromatic nitrogens is 2. The minimum Gasteiger partial charge on any atom is -0.484 e. The number of halogens is 1. The minimum absolute atomic E-state index is 0.0823. The number of aryl methyl sites for hydroxylation is 1. The molecule has 1 heterocycles. The van der Waals surface area contributed by atoms with E-state index in [2.05, 4.69) is 9.97 Å². The van der Waals surface area contributed by atoms with Gasteiger partial charge in [-0.1, -0.05) is 23.7 Å².